The van der Waals surface area contributed by atoms with E-state index in [1.807, 2.05) is 11.3 Å². The first kappa shape index (κ1) is 15.1. The van der Waals surface area contributed by atoms with Crippen LogP contribution in [0.1, 0.15) is 62.1 Å². The number of hydrogen-bond acceptors (Lipinski definition) is 2. The van der Waals surface area contributed by atoms with Gasteiger partial charge in [-0.1, -0.05) is 39.5 Å². The van der Waals surface area contributed by atoms with Crippen LogP contribution in [0.2, 0.25) is 0 Å². The van der Waals surface area contributed by atoms with Crippen LogP contribution >= 0.6 is 11.3 Å². The van der Waals surface area contributed by atoms with Gasteiger partial charge in [-0.05, 0) is 50.3 Å². The van der Waals surface area contributed by atoms with Crippen molar-refractivity contribution in [2.75, 3.05) is 6.54 Å². The Morgan fingerprint density at radius 3 is 2.58 bits per heavy atom. The highest BCUT2D eigenvalue weighted by Crippen LogP contribution is 2.29. The number of likely N-dealkylation sites (N-methyl/N-ethyl adjacent to an activating group) is 1. The molecule has 0 radical (unpaired) electrons. The molecule has 0 bridgehead atoms. The van der Waals surface area contributed by atoms with Crippen LogP contribution in [-0.2, 0) is 12.8 Å². The van der Waals surface area contributed by atoms with Gasteiger partial charge in [0.2, 0.25) is 0 Å². The van der Waals surface area contributed by atoms with Gasteiger partial charge in [0.15, 0.2) is 0 Å². The molecule has 108 valence electrons. The zero-order valence-corrected chi connectivity index (χ0v) is 13.4. The molecule has 1 aliphatic carbocycles. The summed E-state index contributed by atoms with van der Waals surface area (Å²) in [5, 5.41) is 3.69. The topological polar surface area (TPSA) is 12.0 Å². The minimum absolute atomic E-state index is 0.689. The summed E-state index contributed by atoms with van der Waals surface area (Å²) >= 11 is 2.01. The summed E-state index contributed by atoms with van der Waals surface area (Å²) in [5.74, 6) is 1.02. The third-order valence-electron chi connectivity index (χ3n) is 4.40. The van der Waals surface area contributed by atoms with E-state index in [4.69, 9.17) is 0 Å². The molecule has 0 aliphatic heterocycles. The summed E-state index contributed by atoms with van der Waals surface area (Å²) in [7, 11) is 0. The van der Waals surface area contributed by atoms with E-state index in [1.165, 1.54) is 56.2 Å². The number of nitrogens with one attached hydrogen (secondary N) is 1. The molecule has 1 aromatic heterocycles. The highest BCUT2D eigenvalue weighted by Gasteiger charge is 2.17. The van der Waals surface area contributed by atoms with E-state index >= 15 is 0 Å². The monoisotopic (exact) mass is 279 g/mol. The molecule has 1 unspecified atom stereocenters. The molecule has 19 heavy (non-hydrogen) atoms. The minimum atomic E-state index is 0.689. The predicted molar refractivity (Wildman–Crippen MR) is 86.1 cm³/mol. The Hall–Kier alpha value is -0.340. The second-order valence-electron chi connectivity index (χ2n) is 5.91. The molecule has 1 atom stereocenters. The Labute approximate surface area is 122 Å². The molecule has 1 aliphatic rings. The number of aryl methyl sites for hydroxylation is 1. The number of hydrogen-bond donors (Lipinski definition) is 1. The smallest absolute Gasteiger partial charge is 0.0115 e. The van der Waals surface area contributed by atoms with Crippen molar-refractivity contribution in [3.8, 4) is 0 Å². The number of rotatable bonds is 8. The van der Waals surface area contributed by atoms with Gasteiger partial charge < -0.3 is 5.32 Å². The predicted octanol–water partition coefficient (Wildman–Crippen LogP) is 4.80. The SMILES string of the molecule is CCNC(CCC1CCCC1)Cc1ccc(CC)s1. The first-order valence-corrected chi connectivity index (χ1v) is 8.94. The lowest BCUT2D eigenvalue weighted by atomic mass is 9.97. The van der Waals surface area contributed by atoms with Gasteiger partial charge >= 0.3 is 0 Å². The van der Waals surface area contributed by atoms with Gasteiger partial charge in [0, 0.05) is 15.8 Å². The van der Waals surface area contributed by atoms with Gasteiger partial charge in [0.05, 0.1) is 0 Å². The van der Waals surface area contributed by atoms with Crippen molar-refractivity contribution in [3.63, 3.8) is 0 Å². The third kappa shape index (κ3) is 4.92. The molecule has 1 aromatic rings. The Bertz CT molecular complexity index is 352. The summed E-state index contributed by atoms with van der Waals surface area (Å²) in [6, 6.07) is 5.33. The van der Waals surface area contributed by atoms with E-state index in [-0.39, 0.29) is 0 Å². The van der Waals surface area contributed by atoms with Crippen molar-refractivity contribution >= 4 is 11.3 Å². The first-order chi connectivity index (χ1) is 9.31. The van der Waals surface area contributed by atoms with Crippen LogP contribution in [0, 0.1) is 5.92 Å². The molecule has 2 heteroatoms. The summed E-state index contributed by atoms with van der Waals surface area (Å²) in [4.78, 5) is 3.09. The van der Waals surface area contributed by atoms with E-state index < -0.39 is 0 Å². The highest BCUT2D eigenvalue weighted by molar-refractivity contribution is 7.11. The zero-order chi connectivity index (χ0) is 13.5. The fourth-order valence-corrected chi connectivity index (χ4v) is 4.30. The second kappa shape index (κ2) is 8.06. The van der Waals surface area contributed by atoms with Crippen molar-refractivity contribution in [3.05, 3.63) is 21.9 Å². The number of thiophene rings is 1. The molecule has 1 nitrogen and oxygen atoms in total. The molecule has 1 N–H and O–H groups in total. The largest absolute Gasteiger partial charge is 0.314 e. The van der Waals surface area contributed by atoms with E-state index in [1.54, 1.807) is 4.88 Å². The average Bonchev–Trinajstić information content (AvgIpc) is 3.07. The zero-order valence-electron chi connectivity index (χ0n) is 12.6. The van der Waals surface area contributed by atoms with Gasteiger partial charge in [-0.3, -0.25) is 0 Å². The van der Waals surface area contributed by atoms with Crippen molar-refractivity contribution < 1.29 is 0 Å². The lowest BCUT2D eigenvalue weighted by Crippen LogP contribution is -2.31. The van der Waals surface area contributed by atoms with Gasteiger partial charge in [-0.25, -0.2) is 0 Å². The maximum absolute atomic E-state index is 3.69. The Balaban J connectivity index is 1.80. The Morgan fingerprint density at radius 2 is 1.95 bits per heavy atom. The van der Waals surface area contributed by atoms with Gasteiger partial charge in [0.25, 0.3) is 0 Å². The Kier molecular flexibility index (Phi) is 6.39. The molecule has 0 aromatic carbocycles. The maximum atomic E-state index is 3.69. The van der Waals surface area contributed by atoms with E-state index in [0.717, 1.165) is 12.5 Å². The standard InChI is InChI=1S/C17H29NS/c1-3-16-11-12-17(19-16)13-15(18-4-2)10-9-14-7-5-6-8-14/h11-12,14-15,18H,3-10,13H2,1-2H3. The second-order valence-corrected chi connectivity index (χ2v) is 7.16. The van der Waals surface area contributed by atoms with Crippen LogP contribution in [0.4, 0.5) is 0 Å². The van der Waals surface area contributed by atoms with Crippen LogP contribution in [0.15, 0.2) is 12.1 Å². The minimum Gasteiger partial charge on any atom is -0.314 e. The average molecular weight is 279 g/mol. The summed E-state index contributed by atoms with van der Waals surface area (Å²) in [6.07, 6.45) is 11.1. The van der Waals surface area contributed by atoms with Crippen LogP contribution in [0.5, 0.6) is 0 Å². The fraction of sp³-hybridized carbons (Fsp3) is 0.765. The molecule has 0 amide bonds. The van der Waals surface area contributed by atoms with Crippen LogP contribution in [-0.4, -0.2) is 12.6 Å². The van der Waals surface area contributed by atoms with E-state index in [2.05, 4.69) is 31.3 Å². The van der Waals surface area contributed by atoms with Crippen LogP contribution in [0.3, 0.4) is 0 Å². The van der Waals surface area contributed by atoms with Crippen molar-refractivity contribution in [1.82, 2.24) is 5.32 Å². The van der Waals surface area contributed by atoms with Crippen molar-refractivity contribution in [2.24, 2.45) is 5.92 Å². The highest BCUT2D eigenvalue weighted by atomic mass is 32.1. The summed E-state index contributed by atoms with van der Waals surface area (Å²) in [6.45, 7) is 5.58. The third-order valence-corrected chi connectivity index (χ3v) is 5.66. The van der Waals surface area contributed by atoms with Crippen LogP contribution in [0.25, 0.3) is 0 Å². The van der Waals surface area contributed by atoms with Crippen LogP contribution < -0.4 is 5.32 Å². The van der Waals surface area contributed by atoms with Crippen molar-refractivity contribution in [1.29, 1.82) is 0 Å². The van der Waals surface area contributed by atoms with Crippen molar-refractivity contribution in [2.45, 2.75) is 71.3 Å². The molecule has 1 saturated carbocycles. The van der Waals surface area contributed by atoms with Gasteiger partial charge in [0.1, 0.15) is 0 Å². The quantitative estimate of drug-likeness (QED) is 0.720. The Morgan fingerprint density at radius 1 is 1.21 bits per heavy atom. The van der Waals surface area contributed by atoms with Gasteiger partial charge in [-0.15, -0.1) is 11.3 Å². The fourth-order valence-electron chi connectivity index (χ4n) is 3.27. The molecule has 0 spiro atoms. The van der Waals surface area contributed by atoms with Gasteiger partial charge in [-0.2, -0.15) is 0 Å². The maximum Gasteiger partial charge on any atom is 0.0115 e. The summed E-state index contributed by atoms with van der Waals surface area (Å²) in [5.41, 5.74) is 0. The first-order valence-electron chi connectivity index (χ1n) is 8.12. The van der Waals surface area contributed by atoms with E-state index in [9.17, 15) is 0 Å². The molecule has 1 heterocycles. The lowest BCUT2D eigenvalue weighted by Gasteiger charge is -2.19. The molecule has 0 saturated heterocycles. The lowest BCUT2D eigenvalue weighted by molar-refractivity contribution is 0.408. The molecular weight excluding hydrogens is 250 g/mol. The normalized spacial score (nSPS) is 18.0. The van der Waals surface area contributed by atoms with E-state index in [0.29, 0.717) is 6.04 Å². The molecule has 1 fully saturated rings. The summed E-state index contributed by atoms with van der Waals surface area (Å²) < 4.78 is 0. The molecule has 2 rings (SSSR count). The molecular formula is C17H29NS.